The van der Waals surface area contributed by atoms with Gasteiger partial charge in [-0.3, -0.25) is 9.69 Å². The van der Waals surface area contributed by atoms with Crippen LogP contribution in [0.2, 0.25) is 0 Å². The molecule has 4 heteroatoms. The van der Waals surface area contributed by atoms with E-state index in [0.717, 1.165) is 44.6 Å². The zero-order chi connectivity index (χ0) is 18.6. The molecule has 2 aromatic rings. The molecule has 0 atom stereocenters. The van der Waals surface area contributed by atoms with Crippen molar-refractivity contribution in [2.24, 2.45) is 0 Å². The summed E-state index contributed by atoms with van der Waals surface area (Å²) in [5, 5.41) is 12.5. The van der Waals surface area contributed by atoms with Crippen molar-refractivity contribution in [1.82, 2.24) is 4.90 Å². The van der Waals surface area contributed by atoms with E-state index in [1.807, 2.05) is 18.2 Å². The molecule has 0 aromatic heterocycles. The van der Waals surface area contributed by atoms with Gasteiger partial charge in [0.1, 0.15) is 5.75 Å². The largest absolute Gasteiger partial charge is 0.508 e. The number of anilines is 1. The number of carbonyl (C=O) groups is 1. The van der Waals surface area contributed by atoms with Gasteiger partial charge in [0, 0.05) is 31.7 Å². The number of hydrogen-bond donors (Lipinski definition) is 2. The van der Waals surface area contributed by atoms with E-state index in [-0.39, 0.29) is 5.91 Å². The Morgan fingerprint density at radius 3 is 2.63 bits per heavy atom. The summed E-state index contributed by atoms with van der Waals surface area (Å²) in [6, 6.07) is 13.7. The maximum atomic E-state index is 12.3. The maximum Gasteiger partial charge on any atom is 0.225 e. The van der Waals surface area contributed by atoms with Crippen molar-refractivity contribution >= 4 is 17.2 Å². The average molecular weight is 362 g/mol. The van der Waals surface area contributed by atoms with Gasteiger partial charge in [0.25, 0.3) is 0 Å². The summed E-state index contributed by atoms with van der Waals surface area (Å²) in [4.78, 5) is 14.6. The molecule has 0 fully saturated rings. The lowest BCUT2D eigenvalue weighted by Crippen LogP contribution is -2.31. The first-order valence-electron chi connectivity index (χ1n) is 9.80. The quantitative estimate of drug-likeness (QED) is 0.845. The van der Waals surface area contributed by atoms with Crippen molar-refractivity contribution in [2.75, 3.05) is 25.0 Å². The number of fused-ring (bicyclic) bond motifs is 1. The summed E-state index contributed by atoms with van der Waals surface area (Å²) in [7, 11) is 0. The molecule has 0 spiro atoms. The second-order valence-corrected chi connectivity index (χ2v) is 7.46. The number of nitrogens with one attached hydrogen (secondary N) is 1. The molecule has 27 heavy (non-hydrogen) atoms. The Labute approximate surface area is 160 Å². The molecule has 4 nitrogen and oxygen atoms in total. The first-order valence-corrected chi connectivity index (χ1v) is 9.80. The summed E-state index contributed by atoms with van der Waals surface area (Å²) in [5.41, 5.74) is 6.22. The van der Waals surface area contributed by atoms with Crippen LogP contribution >= 0.6 is 0 Å². The number of hydrogen-bond acceptors (Lipinski definition) is 3. The number of amides is 1. The molecule has 1 heterocycles. The van der Waals surface area contributed by atoms with E-state index in [2.05, 4.69) is 28.4 Å². The van der Waals surface area contributed by atoms with Gasteiger partial charge in [-0.05, 0) is 72.2 Å². The molecule has 2 aromatic carbocycles. The Bertz CT molecular complexity index is 855. The van der Waals surface area contributed by atoms with Crippen molar-refractivity contribution in [3.63, 3.8) is 0 Å². The molecular weight excluding hydrogens is 336 g/mol. The number of nitrogens with zero attached hydrogens (tertiary/aromatic N) is 1. The molecule has 1 amide bonds. The van der Waals surface area contributed by atoms with Gasteiger partial charge >= 0.3 is 0 Å². The molecule has 0 radical (unpaired) electrons. The van der Waals surface area contributed by atoms with Crippen LogP contribution in [0.15, 0.2) is 48.5 Å². The second kappa shape index (κ2) is 7.97. The van der Waals surface area contributed by atoms with Crippen LogP contribution in [0, 0.1) is 0 Å². The van der Waals surface area contributed by atoms with Crippen molar-refractivity contribution < 1.29 is 9.90 Å². The van der Waals surface area contributed by atoms with Crippen molar-refractivity contribution in [3.05, 3.63) is 65.2 Å². The molecule has 0 unspecified atom stereocenters. The molecule has 140 valence electrons. The topological polar surface area (TPSA) is 52.6 Å². The standard InChI is InChI=1S/C23H26N2O2/c26-22-8-5-18(6-9-22)19-10-13-25(14-11-19)15-12-23(27)24-21-7-4-17-2-1-3-20(17)16-21/h4-10,16,26H,1-3,11-15H2,(H,24,27). The summed E-state index contributed by atoms with van der Waals surface area (Å²) in [5.74, 6) is 0.382. The highest BCUT2D eigenvalue weighted by Crippen LogP contribution is 2.26. The van der Waals surface area contributed by atoms with Crippen LogP contribution in [0.1, 0.15) is 36.0 Å². The van der Waals surface area contributed by atoms with E-state index >= 15 is 0 Å². The normalized spacial score (nSPS) is 16.7. The molecule has 2 aliphatic rings. The van der Waals surface area contributed by atoms with E-state index < -0.39 is 0 Å². The number of phenolic OH excluding ortho intramolecular Hbond substituents is 1. The number of carbonyl (C=O) groups excluding carboxylic acids is 1. The van der Waals surface area contributed by atoms with Gasteiger partial charge in [0.15, 0.2) is 0 Å². The van der Waals surface area contributed by atoms with Crippen LogP contribution in [0.25, 0.3) is 5.57 Å². The van der Waals surface area contributed by atoms with Crippen LogP contribution in [0.5, 0.6) is 5.75 Å². The van der Waals surface area contributed by atoms with E-state index in [1.54, 1.807) is 12.1 Å². The van der Waals surface area contributed by atoms with Gasteiger partial charge in [-0.25, -0.2) is 0 Å². The summed E-state index contributed by atoms with van der Waals surface area (Å²) >= 11 is 0. The molecule has 2 N–H and O–H groups in total. The third-order valence-corrected chi connectivity index (χ3v) is 5.57. The third kappa shape index (κ3) is 4.40. The van der Waals surface area contributed by atoms with Gasteiger partial charge < -0.3 is 10.4 Å². The monoisotopic (exact) mass is 362 g/mol. The zero-order valence-electron chi connectivity index (χ0n) is 15.6. The van der Waals surface area contributed by atoms with Crippen molar-refractivity contribution in [1.29, 1.82) is 0 Å². The summed E-state index contributed by atoms with van der Waals surface area (Å²) < 4.78 is 0. The van der Waals surface area contributed by atoms with Crippen LogP contribution in [0.4, 0.5) is 5.69 Å². The van der Waals surface area contributed by atoms with E-state index in [0.29, 0.717) is 12.2 Å². The highest BCUT2D eigenvalue weighted by Gasteiger charge is 2.15. The fraction of sp³-hybridized carbons (Fsp3) is 0.348. The number of benzene rings is 2. The SMILES string of the molecule is O=C(CCN1CC=C(c2ccc(O)cc2)CC1)Nc1ccc2c(c1)CCC2. The number of rotatable bonds is 5. The Morgan fingerprint density at radius 1 is 1.04 bits per heavy atom. The molecule has 0 saturated heterocycles. The highest BCUT2D eigenvalue weighted by molar-refractivity contribution is 5.91. The molecular formula is C23H26N2O2. The summed E-state index contributed by atoms with van der Waals surface area (Å²) in [6.45, 7) is 2.59. The molecule has 1 aliphatic heterocycles. The zero-order valence-corrected chi connectivity index (χ0v) is 15.6. The highest BCUT2D eigenvalue weighted by atomic mass is 16.3. The minimum atomic E-state index is 0.0845. The predicted molar refractivity (Wildman–Crippen MR) is 109 cm³/mol. The molecule has 1 aliphatic carbocycles. The maximum absolute atomic E-state index is 12.3. The van der Waals surface area contributed by atoms with Crippen molar-refractivity contribution in [2.45, 2.75) is 32.1 Å². The van der Waals surface area contributed by atoms with Crippen LogP contribution in [0.3, 0.4) is 0 Å². The van der Waals surface area contributed by atoms with Gasteiger partial charge in [0.2, 0.25) is 5.91 Å². The summed E-state index contributed by atoms with van der Waals surface area (Å²) in [6.07, 6.45) is 7.23. The van der Waals surface area contributed by atoms with Crippen LogP contribution in [-0.2, 0) is 17.6 Å². The Hall–Kier alpha value is -2.59. The van der Waals surface area contributed by atoms with Gasteiger partial charge in [-0.1, -0.05) is 24.3 Å². The Balaban J connectivity index is 1.26. The lowest BCUT2D eigenvalue weighted by atomic mass is 9.99. The molecule has 0 saturated carbocycles. The van der Waals surface area contributed by atoms with Crippen LogP contribution < -0.4 is 5.32 Å². The lowest BCUT2D eigenvalue weighted by molar-refractivity contribution is -0.116. The van der Waals surface area contributed by atoms with E-state index in [4.69, 9.17) is 0 Å². The number of aryl methyl sites for hydroxylation is 2. The smallest absolute Gasteiger partial charge is 0.225 e. The Morgan fingerprint density at radius 2 is 1.85 bits per heavy atom. The van der Waals surface area contributed by atoms with E-state index in [1.165, 1.54) is 28.7 Å². The first kappa shape index (κ1) is 17.8. The fourth-order valence-corrected chi connectivity index (χ4v) is 3.98. The van der Waals surface area contributed by atoms with E-state index in [9.17, 15) is 9.90 Å². The third-order valence-electron chi connectivity index (χ3n) is 5.57. The number of aromatic hydroxyl groups is 1. The second-order valence-electron chi connectivity index (χ2n) is 7.46. The number of phenols is 1. The average Bonchev–Trinajstić information content (AvgIpc) is 3.15. The Kier molecular flexibility index (Phi) is 5.26. The molecule has 0 bridgehead atoms. The fourth-order valence-electron chi connectivity index (χ4n) is 3.98. The minimum absolute atomic E-state index is 0.0845. The van der Waals surface area contributed by atoms with Crippen LogP contribution in [-0.4, -0.2) is 35.5 Å². The molecule has 4 rings (SSSR count). The lowest BCUT2D eigenvalue weighted by Gasteiger charge is -2.26. The first-order chi connectivity index (χ1) is 13.2. The van der Waals surface area contributed by atoms with Crippen molar-refractivity contribution in [3.8, 4) is 5.75 Å². The van der Waals surface area contributed by atoms with Gasteiger partial charge in [-0.15, -0.1) is 0 Å². The van der Waals surface area contributed by atoms with Gasteiger partial charge in [-0.2, -0.15) is 0 Å². The van der Waals surface area contributed by atoms with Gasteiger partial charge in [0.05, 0.1) is 0 Å². The predicted octanol–water partition coefficient (Wildman–Crippen LogP) is 4.00. The minimum Gasteiger partial charge on any atom is -0.508 e.